The van der Waals surface area contributed by atoms with Crippen molar-refractivity contribution in [2.75, 3.05) is 7.11 Å². The highest BCUT2D eigenvalue weighted by Gasteiger charge is 2.15. The van der Waals surface area contributed by atoms with Gasteiger partial charge in [-0.05, 0) is 32.4 Å². The zero-order valence-electron chi connectivity index (χ0n) is 13.4. The molecule has 3 aromatic rings. The maximum atomic E-state index is 12.3. The molecule has 0 atom stereocenters. The van der Waals surface area contributed by atoms with Crippen LogP contribution in [0.2, 0.25) is 0 Å². The number of thiazole rings is 1. The topological polar surface area (TPSA) is 69.6 Å². The lowest BCUT2D eigenvalue weighted by Crippen LogP contribution is -2.16. The number of benzene rings is 1. The number of hydrogen-bond donors (Lipinski definition) is 0. The number of hydrogen-bond acceptors (Lipinski definition) is 5. The highest BCUT2D eigenvalue weighted by Crippen LogP contribution is 2.30. The van der Waals surface area contributed by atoms with E-state index in [0.717, 1.165) is 21.5 Å². The number of ether oxygens (including phenoxy) is 1. The van der Waals surface area contributed by atoms with Crippen LogP contribution in [0, 0.1) is 13.8 Å². The van der Waals surface area contributed by atoms with Crippen molar-refractivity contribution in [2.45, 2.75) is 27.3 Å². The van der Waals surface area contributed by atoms with Crippen molar-refractivity contribution >= 4 is 27.5 Å². The number of amides is 1. The van der Waals surface area contributed by atoms with E-state index in [0.29, 0.717) is 17.1 Å². The number of rotatable bonds is 3. The van der Waals surface area contributed by atoms with Crippen LogP contribution in [0.3, 0.4) is 0 Å². The zero-order valence-corrected chi connectivity index (χ0v) is 14.2. The third-order valence-corrected chi connectivity index (χ3v) is 4.78. The molecule has 0 fully saturated rings. The second kappa shape index (κ2) is 6.00. The number of carbonyl (C=O) groups is 1. The fourth-order valence-electron chi connectivity index (χ4n) is 2.43. The van der Waals surface area contributed by atoms with Crippen LogP contribution in [0.25, 0.3) is 10.2 Å². The lowest BCUT2D eigenvalue weighted by molar-refractivity contribution is 0.0989. The number of methoxy groups -OCH3 is 1. The highest BCUT2D eigenvalue weighted by atomic mass is 32.1. The number of aryl methyl sites for hydroxylation is 3. The van der Waals surface area contributed by atoms with Crippen LogP contribution < -0.4 is 9.54 Å². The Morgan fingerprint density at radius 1 is 1.43 bits per heavy atom. The van der Waals surface area contributed by atoms with Crippen LogP contribution in [0.4, 0.5) is 0 Å². The molecule has 0 unspecified atom stereocenters. The van der Waals surface area contributed by atoms with Crippen molar-refractivity contribution < 1.29 is 14.1 Å². The van der Waals surface area contributed by atoms with Crippen molar-refractivity contribution in [1.29, 1.82) is 0 Å². The summed E-state index contributed by atoms with van der Waals surface area (Å²) in [5, 5.41) is 3.72. The lowest BCUT2D eigenvalue weighted by Gasteiger charge is -2.07. The minimum atomic E-state index is -0.410. The molecule has 0 N–H and O–H groups in total. The first-order valence-electron chi connectivity index (χ1n) is 7.24. The SMILES string of the molecule is CCn1c(=NC(=O)c2cc(C)on2)sc2c(C)ccc(OC)c21. The van der Waals surface area contributed by atoms with Gasteiger partial charge < -0.3 is 13.8 Å². The Bertz CT molecular complexity index is 949. The monoisotopic (exact) mass is 331 g/mol. The molecule has 0 saturated carbocycles. The van der Waals surface area contributed by atoms with Gasteiger partial charge in [0.05, 0.1) is 11.8 Å². The fraction of sp³-hybridized carbons (Fsp3) is 0.312. The minimum Gasteiger partial charge on any atom is -0.495 e. The molecule has 0 saturated heterocycles. The van der Waals surface area contributed by atoms with Gasteiger partial charge in [-0.1, -0.05) is 22.6 Å². The smallest absolute Gasteiger partial charge is 0.301 e. The maximum Gasteiger partial charge on any atom is 0.301 e. The van der Waals surface area contributed by atoms with Gasteiger partial charge in [0.15, 0.2) is 10.5 Å². The average molecular weight is 331 g/mol. The van der Waals surface area contributed by atoms with E-state index in [4.69, 9.17) is 9.26 Å². The lowest BCUT2D eigenvalue weighted by atomic mass is 10.2. The standard InChI is InChI=1S/C16H17N3O3S/c1-5-19-13-12(21-4)7-6-9(2)14(13)23-16(19)17-15(20)11-8-10(3)22-18-11/h6-8H,5H2,1-4H3. The first-order chi connectivity index (χ1) is 11.0. The van der Waals surface area contributed by atoms with E-state index in [-0.39, 0.29) is 5.69 Å². The van der Waals surface area contributed by atoms with Crippen molar-refractivity contribution in [2.24, 2.45) is 4.99 Å². The van der Waals surface area contributed by atoms with Gasteiger partial charge in [-0.2, -0.15) is 4.99 Å². The summed E-state index contributed by atoms with van der Waals surface area (Å²) in [6.07, 6.45) is 0. The Balaban J connectivity index is 2.23. The first-order valence-corrected chi connectivity index (χ1v) is 8.06. The molecular formula is C16H17N3O3S. The van der Waals surface area contributed by atoms with E-state index < -0.39 is 5.91 Å². The molecule has 0 bridgehead atoms. The van der Waals surface area contributed by atoms with Crippen LogP contribution in [0.5, 0.6) is 5.75 Å². The Morgan fingerprint density at radius 3 is 2.83 bits per heavy atom. The molecule has 0 aliphatic rings. The van der Waals surface area contributed by atoms with Gasteiger partial charge in [0.25, 0.3) is 0 Å². The highest BCUT2D eigenvalue weighted by molar-refractivity contribution is 7.16. The van der Waals surface area contributed by atoms with Gasteiger partial charge in [0, 0.05) is 12.6 Å². The molecule has 7 heteroatoms. The molecule has 120 valence electrons. The first kappa shape index (κ1) is 15.5. The van der Waals surface area contributed by atoms with Crippen molar-refractivity contribution in [3.05, 3.63) is 40.0 Å². The van der Waals surface area contributed by atoms with Crippen molar-refractivity contribution in [1.82, 2.24) is 9.72 Å². The second-order valence-electron chi connectivity index (χ2n) is 5.13. The summed E-state index contributed by atoms with van der Waals surface area (Å²) in [7, 11) is 1.64. The molecule has 3 rings (SSSR count). The van der Waals surface area contributed by atoms with Crippen LogP contribution >= 0.6 is 11.3 Å². The van der Waals surface area contributed by atoms with Crippen LogP contribution in [-0.2, 0) is 6.54 Å². The Kier molecular flexibility index (Phi) is 4.04. The van der Waals surface area contributed by atoms with E-state index in [1.165, 1.54) is 11.3 Å². The summed E-state index contributed by atoms with van der Waals surface area (Å²) in [5.41, 5.74) is 2.30. The molecule has 2 aromatic heterocycles. The van der Waals surface area contributed by atoms with Gasteiger partial charge in [0.1, 0.15) is 17.0 Å². The van der Waals surface area contributed by atoms with Crippen molar-refractivity contribution in [3.8, 4) is 5.75 Å². The molecule has 1 aromatic carbocycles. The summed E-state index contributed by atoms with van der Waals surface area (Å²) < 4.78 is 13.5. The predicted octanol–water partition coefficient (Wildman–Crippen LogP) is 3.08. The van der Waals surface area contributed by atoms with Gasteiger partial charge >= 0.3 is 5.91 Å². The van der Waals surface area contributed by atoms with E-state index in [2.05, 4.69) is 10.1 Å². The summed E-state index contributed by atoms with van der Waals surface area (Å²) >= 11 is 1.47. The third-order valence-electron chi connectivity index (χ3n) is 3.57. The Morgan fingerprint density at radius 2 is 2.22 bits per heavy atom. The number of fused-ring (bicyclic) bond motifs is 1. The number of aromatic nitrogens is 2. The van der Waals surface area contributed by atoms with E-state index in [1.54, 1.807) is 20.1 Å². The van der Waals surface area contributed by atoms with E-state index in [9.17, 15) is 4.79 Å². The van der Waals surface area contributed by atoms with Gasteiger partial charge in [0.2, 0.25) is 0 Å². The summed E-state index contributed by atoms with van der Waals surface area (Å²) in [5.74, 6) is 0.947. The Hall–Kier alpha value is -2.41. The van der Waals surface area contributed by atoms with Crippen LogP contribution in [-0.4, -0.2) is 22.7 Å². The van der Waals surface area contributed by atoms with E-state index in [1.807, 2.05) is 30.5 Å². The molecule has 2 heterocycles. The minimum absolute atomic E-state index is 0.214. The van der Waals surface area contributed by atoms with Gasteiger partial charge in [-0.3, -0.25) is 4.79 Å². The van der Waals surface area contributed by atoms with Crippen molar-refractivity contribution in [3.63, 3.8) is 0 Å². The third kappa shape index (κ3) is 2.68. The number of carbonyl (C=O) groups excluding carboxylic acids is 1. The van der Waals surface area contributed by atoms with Crippen LogP contribution in [0.1, 0.15) is 28.7 Å². The molecule has 0 aliphatic carbocycles. The maximum absolute atomic E-state index is 12.3. The van der Waals surface area contributed by atoms with Gasteiger partial charge in [-0.15, -0.1) is 0 Å². The normalized spacial score (nSPS) is 12.1. The molecule has 0 radical (unpaired) electrons. The quantitative estimate of drug-likeness (QED) is 0.739. The second-order valence-corrected chi connectivity index (χ2v) is 6.11. The molecule has 1 amide bonds. The average Bonchev–Trinajstić information content (AvgIpc) is 3.12. The summed E-state index contributed by atoms with van der Waals surface area (Å²) in [6, 6.07) is 5.52. The zero-order chi connectivity index (χ0) is 16.6. The fourth-order valence-corrected chi connectivity index (χ4v) is 3.61. The van der Waals surface area contributed by atoms with Crippen LogP contribution in [0.15, 0.2) is 27.7 Å². The van der Waals surface area contributed by atoms with Gasteiger partial charge in [-0.25, -0.2) is 0 Å². The predicted molar refractivity (Wildman–Crippen MR) is 87.9 cm³/mol. The number of nitrogens with zero attached hydrogens (tertiary/aromatic N) is 3. The molecular weight excluding hydrogens is 314 g/mol. The Labute approximate surface area is 137 Å². The molecule has 6 nitrogen and oxygen atoms in total. The summed E-state index contributed by atoms with van der Waals surface area (Å²) in [6.45, 7) is 6.47. The largest absolute Gasteiger partial charge is 0.495 e. The van der Waals surface area contributed by atoms with E-state index >= 15 is 0 Å². The molecule has 0 aliphatic heterocycles. The molecule has 0 spiro atoms. The molecule has 23 heavy (non-hydrogen) atoms. The summed E-state index contributed by atoms with van der Waals surface area (Å²) in [4.78, 5) is 17.1.